The van der Waals surface area contributed by atoms with E-state index in [0.29, 0.717) is 17.2 Å². The van der Waals surface area contributed by atoms with Gasteiger partial charge in [0.05, 0.1) is 34.6 Å². The Hall–Kier alpha value is -2.28. The molecule has 28 heavy (non-hydrogen) atoms. The van der Waals surface area contributed by atoms with Crippen LogP contribution in [0.25, 0.3) is 0 Å². The summed E-state index contributed by atoms with van der Waals surface area (Å²) in [5.74, 6) is 0.411. The standard InChI is InChI=1S/C21H25N3O3S/c1-13-22-19-17(20(25)23-24(19)16-7-5-3-4-6-8-16)18(28-13)14-9-11-15(12-10-14)21(26)27-2/h9-12,16,18H,3-8H2,1-2H3,(H,23,25)/t18-/m0/s1. The number of aromatic nitrogens is 2. The normalized spacial score (nSPS) is 20.2. The second-order valence-electron chi connectivity index (χ2n) is 7.44. The van der Waals surface area contributed by atoms with Crippen molar-refractivity contribution < 1.29 is 9.53 Å². The van der Waals surface area contributed by atoms with Gasteiger partial charge in [-0.05, 0) is 37.5 Å². The summed E-state index contributed by atoms with van der Waals surface area (Å²) in [6, 6.07) is 7.60. The molecule has 0 bridgehead atoms. The maximum absolute atomic E-state index is 12.9. The molecule has 2 aliphatic rings. The molecular weight excluding hydrogens is 374 g/mol. The van der Waals surface area contributed by atoms with E-state index in [4.69, 9.17) is 9.73 Å². The summed E-state index contributed by atoms with van der Waals surface area (Å²) in [6.07, 6.45) is 7.06. The number of thioether (sulfide) groups is 1. The fraction of sp³-hybridized carbons (Fsp3) is 0.476. The van der Waals surface area contributed by atoms with Gasteiger partial charge < -0.3 is 4.74 Å². The summed E-state index contributed by atoms with van der Waals surface area (Å²) < 4.78 is 6.79. The van der Waals surface area contributed by atoms with Gasteiger partial charge in [0.25, 0.3) is 5.56 Å². The van der Waals surface area contributed by atoms with E-state index in [0.717, 1.165) is 29.3 Å². The van der Waals surface area contributed by atoms with Gasteiger partial charge >= 0.3 is 5.97 Å². The van der Waals surface area contributed by atoms with Gasteiger partial charge in [-0.2, -0.15) is 0 Å². The Morgan fingerprint density at radius 1 is 1.18 bits per heavy atom. The molecule has 0 unspecified atom stereocenters. The van der Waals surface area contributed by atoms with Crippen molar-refractivity contribution in [1.82, 2.24) is 9.78 Å². The number of hydrogen-bond acceptors (Lipinski definition) is 5. The first-order valence-electron chi connectivity index (χ1n) is 9.83. The number of esters is 1. The van der Waals surface area contributed by atoms with Crippen LogP contribution < -0.4 is 5.56 Å². The highest BCUT2D eigenvalue weighted by molar-refractivity contribution is 8.14. The highest BCUT2D eigenvalue weighted by Crippen LogP contribution is 2.45. The van der Waals surface area contributed by atoms with E-state index in [1.54, 1.807) is 23.9 Å². The molecule has 1 N–H and O–H groups in total. The van der Waals surface area contributed by atoms with Crippen LogP contribution in [-0.2, 0) is 4.74 Å². The topological polar surface area (TPSA) is 76.4 Å². The molecule has 1 aliphatic heterocycles. The number of carbonyl (C=O) groups excluding carboxylic acids is 1. The number of benzene rings is 1. The van der Waals surface area contributed by atoms with E-state index < -0.39 is 0 Å². The van der Waals surface area contributed by atoms with E-state index in [9.17, 15) is 9.59 Å². The molecule has 0 saturated heterocycles. The van der Waals surface area contributed by atoms with Gasteiger partial charge in [-0.25, -0.2) is 9.79 Å². The number of nitrogens with zero attached hydrogens (tertiary/aromatic N) is 2. The number of rotatable bonds is 3. The summed E-state index contributed by atoms with van der Waals surface area (Å²) in [6.45, 7) is 1.98. The lowest BCUT2D eigenvalue weighted by atomic mass is 10.0. The van der Waals surface area contributed by atoms with Crippen LogP contribution in [0.1, 0.15) is 78.2 Å². The van der Waals surface area contributed by atoms with Gasteiger partial charge in [-0.15, -0.1) is 0 Å². The average Bonchev–Trinajstić information content (AvgIpc) is 2.89. The highest BCUT2D eigenvalue weighted by Gasteiger charge is 2.32. The molecule has 1 saturated carbocycles. The fourth-order valence-corrected chi connectivity index (χ4v) is 5.24. The molecule has 2 heterocycles. The van der Waals surface area contributed by atoms with Gasteiger partial charge in [0.15, 0.2) is 5.82 Å². The lowest BCUT2D eigenvalue weighted by Gasteiger charge is -2.23. The van der Waals surface area contributed by atoms with Crippen LogP contribution >= 0.6 is 11.8 Å². The Balaban J connectivity index is 1.73. The van der Waals surface area contributed by atoms with Crippen LogP contribution in [0.4, 0.5) is 5.82 Å². The van der Waals surface area contributed by atoms with Gasteiger partial charge in [0.1, 0.15) is 0 Å². The van der Waals surface area contributed by atoms with E-state index in [1.807, 2.05) is 23.7 Å². The largest absolute Gasteiger partial charge is 0.465 e. The fourth-order valence-electron chi connectivity index (χ4n) is 4.14. The van der Waals surface area contributed by atoms with Gasteiger partial charge in [0.2, 0.25) is 0 Å². The molecule has 1 aromatic carbocycles. The quantitative estimate of drug-likeness (QED) is 0.597. The van der Waals surface area contributed by atoms with Crippen LogP contribution in [0.5, 0.6) is 0 Å². The van der Waals surface area contributed by atoms with Gasteiger partial charge in [0, 0.05) is 0 Å². The minimum Gasteiger partial charge on any atom is -0.465 e. The zero-order valence-corrected chi connectivity index (χ0v) is 17.1. The zero-order chi connectivity index (χ0) is 19.7. The number of methoxy groups -OCH3 is 1. The Labute approximate surface area is 168 Å². The van der Waals surface area contributed by atoms with Crippen molar-refractivity contribution in [1.29, 1.82) is 0 Å². The summed E-state index contributed by atoms with van der Waals surface area (Å²) in [7, 11) is 1.37. The first kappa shape index (κ1) is 19.1. The molecule has 1 atom stereocenters. The summed E-state index contributed by atoms with van der Waals surface area (Å²) in [5.41, 5.74) is 2.13. The zero-order valence-electron chi connectivity index (χ0n) is 16.2. The summed E-state index contributed by atoms with van der Waals surface area (Å²) in [4.78, 5) is 29.3. The van der Waals surface area contributed by atoms with Crippen LogP contribution in [0.3, 0.4) is 0 Å². The Kier molecular flexibility index (Phi) is 5.44. The number of hydrogen-bond donors (Lipinski definition) is 1. The van der Waals surface area contributed by atoms with E-state index in [2.05, 4.69) is 5.10 Å². The third-order valence-electron chi connectivity index (χ3n) is 5.57. The number of aliphatic imine (C=N–C) groups is 1. The van der Waals surface area contributed by atoms with Crippen LogP contribution in [0.15, 0.2) is 34.1 Å². The predicted molar refractivity (Wildman–Crippen MR) is 112 cm³/mol. The van der Waals surface area contributed by atoms with Crippen molar-refractivity contribution in [3.63, 3.8) is 0 Å². The van der Waals surface area contributed by atoms with E-state index in [1.165, 1.54) is 32.8 Å². The number of aromatic amines is 1. The van der Waals surface area contributed by atoms with Gasteiger partial charge in [-0.3, -0.25) is 14.6 Å². The molecule has 1 aromatic heterocycles. The highest BCUT2D eigenvalue weighted by atomic mass is 32.2. The Morgan fingerprint density at radius 2 is 1.86 bits per heavy atom. The third-order valence-corrected chi connectivity index (χ3v) is 6.75. The molecule has 0 amide bonds. The predicted octanol–water partition coefficient (Wildman–Crippen LogP) is 4.74. The molecule has 7 heteroatoms. The van der Waals surface area contributed by atoms with Crippen molar-refractivity contribution >= 4 is 28.6 Å². The molecule has 1 fully saturated rings. The molecule has 148 valence electrons. The molecular formula is C21H25N3O3S. The van der Waals surface area contributed by atoms with Gasteiger partial charge in [-0.1, -0.05) is 49.6 Å². The summed E-state index contributed by atoms with van der Waals surface area (Å²) in [5, 5.41) is 3.89. The maximum atomic E-state index is 12.9. The summed E-state index contributed by atoms with van der Waals surface area (Å²) >= 11 is 1.58. The first-order chi connectivity index (χ1) is 13.6. The molecule has 4 rings (SSSR count). The first-order valence-corrected chi connectivity index (χ1v) is 10.7. The van der Waals surface area contributed by atoms with Crippen LogP contribution in [-0.4, -0.2) is 27.9 Å². The maximum Gasteiger partial charge on any atom is 0.337 e. The molecule has 0 spiro atoms. The smallest absolute Gasteiger partial charge is 0.337 e. The van der Waals surface area contributed by atoms with Crippen molar-refractivity contribution in [2.24, 2.45) is 4.99 Å². The molecule has 6 nitrogen and oxygen atoms in total. The van der Waals surface area contributed by atoms with Crippen molar-refractivity contribution in [2.75, 3.05) is 7.11 Å². The van der Waals surface area contributed by atoms with Crippen molar-refractivity contribution in [3.8, 4) is 0 Å². The minimum atomic E-state index is -0.362. The number of nitrogens with one attached hydrogen (secondary N) is 1. The number of fused-ring (bicyclic) bond motifs is 1. The van der Waals surface area contributed by atoms with Crippen LogP contribution in [0, 0.1) is 0 Å². The molecule has 2 aromatic rings. The lowest BCUT2D eigenvalue weighted by Crippen LogP contribution is -2.14. The van der Waals surface area contributed by atoms with Crippen molar-refractivity contribution in [2.45, 2.75) is 56.7 Å². The van der Waals surface area contributed by atoms with Crippen molar-refractivity contribution in [3.05, 3.63) is 51.3 Å². The number of carbonyl (C=O) groups is 1. The molecule has 0 radical (unpaired) electrons. The second kappa shape index (κ2) is 7.99. The van der Waals surface area contributed by atoms with E-state index >= 15 is 0 Å². The number of H-pyrrole nitrogens is 1. The number of ether oxygens (including phenoxy) is 1. The molecule has 1 aliphatic carbocycles. The van der Waals surface area contributed by atoms with Crippen LogP contribution in [0.2, 0.25) is 0 Å². The SMILES string of the molecule is COC(=O)c1ccc([C@@H]2SC(C)=Nc3c2c(=O)[nH]n3C2CCCCCC2)cc1. The third kappa shape index (κ3) is 3.55. The Morgan fingerprint density at radius 3 is 2.50 bits per heavy atom. The van der Waals surface area contributed by atoms with E-state index in [-0.39, 0.29) is 16.8 Å². The average molecular weight is 400 g/mol. The second-order valence-corrected chi connectivity index (χ2v) is 8.73. The Bertz CT molecular complexity index is 950. The minimum absolute atomic E-state index is 0.0648. The monoisotopic (exact) mass is 399 g/mol. The lowest BCUT2D eigenvalue weighted by molar-refractivity contribution is 0.0600.